The molecule has 0 aromatic carbocycles. The maximum atomic E-state index is 11.5. The molecule has 0 saturated carbocycles. The van der Waals surface area contributed by atoms with Gasteiger partial charge in [-0.3, -0.25) is 4.79 Å². The molecule has 78 valence electrons. The number of aryl methyl sites for hydroxylation is 1. The van der Waals surface area contributed by atoms with Crippen molar-refractivity contribution in [2.24, 2.45) is 0 Å². The molecule has 0 unspecified atom stereocenters. The van der Waals surface area contributed by atoms with Crippen LogP contribution in [0, 0.1) is 18.3 Å². The summed E-state index contributed by atoms with van der Waals surface area (Å²) in [7, 11) is 0. The number of hydrogen-bond acceptors (Lipinski definition) is 4. The van der Waals surface area contributed by atoms with Gasteiger partial charge >= 0.3 is 0 Å². The number of amides is 1. The molecule has 1 aromatic heterocycles. The van der Waals surface area contributed by atoms with Gasteiger partial charge in [-0.05, 0) is 13.3 Å². The molecule has 0 N–H and O–H groups in total. The molecule has 5 nitrogen and oxygen atoms in total. The lowest BCUT2D eigenvalue weighted by molar-refractivity contribution is -0.131. The second kappa shape index (κ2) is 3.73. The number of carbonyl (C=O) groups excluding carboxylic acids is 1. The van der Waals surface area contributed by atoms with E-state index in [4.69, 9.17) is 9.78 Å². The van der Waals surface area contributed by atoms with Crippen LogP contribution in [0.1, 0.15) is 23.4 Å². The summed E-state index contributed by atoms with van der Waals surface area (Å²) in [6.07, 6.45) is 0.699. The van der Waals surface area contributed by atoms with Gasteiger partial charge in [0, 0.05) is 12.1 Å². The van der Waals surface area contributed by atoms with Crippen LogP contribution >= 0.6 is 0 Å². The van der Waals surface area contributed by atoms with Gasteiger partial charge in [-0.15, -0.1) is 0 Å². The number of rotatable bonds is 1. The van der Waals surface area contributed by atoms with Gasteiger partial charge in [0.25, 0.3) is 0 Å². The molecule has 1 aliphatic heterocycles. The first-order chi connectivity index (χ1) is 7.22. The second-order valence-corrected chi connectivity index (χ2v) is 3.57. The monoisotopic (exact) mass is 205 g/mol. The molecule has 1 aromatic rings. The van der Waals surface area contributed by atoms with Crippen molar-refractivity contribution >= 4 is 5.91 Å². The molecule has 1 aliphatic rings. The molecule has 0 atom stereocenters. The van der Waals surface area contributed by atoms with Gasteiger partial charge in [0.05, 0.1) is 18.3 Å². The highest BCUT2D eigenvalue weighted by molar-refractivity contribution is 5.78. The summed E-state index contributed by atoms with van der Waals surface area (Å²) in [4.78, 5) is 13.1. The first-order valence-corrected chi connectivity index (χ1v) is 4.81. The van der Waals surface area contributed by atoms with Crippen molar-refractivity contribution in [3.8, 4) is 6.07 Å². The Hall–Kier alpha value is -1.83. The van der Waals surface area contributed by atoms with E-state index < -0.39 is 0 Å². The molecular weight excluding hydrogens is 194 g/mol. The average Bonchev–Trinajstić information content (AvgIpc) is 2.60. The summed E-state index contributed by atoms with van der Waals surface area (Å²) in [5.41, 5.74) is 2.01. The Balaban J connectivity index is 2.13. The Labute approximate surface area is 87.3 Å². The third-order valence-corrected chi connectivity index (χ3v) is 2.62. The van der Waals surface area contributed by atoms with Crippen molar-refractivity contribution in [1.29, 1.82) is 5.26 Å². The van der Waals surface area contributed by atoms with Crippen molar-refractivity contribution in [3.63, 3.8) is 0 Å². The Bertz CT molecular complexity index is 430. The van der Waals surface area contributed by atoms with Crippen molar-refractivity contribution in [2.45, 2.75) is 26.3 Å². The largest absolute Gasteiger partial charge is 0.359 e. The zero-order chi connectivity index (χ0) is 10.8. The smallest absolute Gasteiger partial charge is 0.237 e. The summed E-state index contributed by atoms with van der Waals surface area (Å²) in [5, 5.41) is 12.3. The van der Waals surface area contributed by atoms with Crippen molar-refractivity contribution < 1.29 is 9.32 Å². The lowest BCUT2D eigenvalue weighted by Gasteiger charge is -2.24. The molecule has 0 spiro atoms. The third-order valence-electron chi connectivity index (χ3n) is 2.62. The molecule has 2 rings (SSSR count). The molecule has 0 saturated heterocycles. The van der Waals surface area contributed by atoms with E-state index in [0.29, 0.717) is 13.1 Å². The highest BCUT2D eigenvalue weighted by Crippen LogP contribution is 2.21. The Morgan fingerprint density at radius 1 is 1.73 bits per heavy atom. The lowest BCUT2D eigenvalue weighted by atomic mass is 10.1. The van der Waals surface area contributed by atoms with E-state index in [9.17, 15) is 4.79 Å². The standard InChI is InChI=1S/C10H11N3O2/c1-7-8-3-5-13(10(14)2-4-11)6-9(8)15-12-7/h2-3,5-6H2,1H3. The maximum Gasteiger partial charge on any atom is 0.237 e. The van der Waals surface area contributed by atoms with Gasteiger partial charge < -0.3 is 9.42 Å². The van der Waals surface area contributed by atoms with Crippen LogP contribution in [-0.4, -0.2) is 22.5 Å². The van der Waals surface area contributed by atoms with Crippen LogP contribution in [0.5, 0.6) is 0 Å². The van der Waals surface area contributed by atoms with E-state index in [1.54, 1.807) is 4.90 Å². The summed E-state index contributed by atoms with van der Waals surface area (Å²) in [6.45, 7) is 2.99. The number of nitrogens with zero attached hydrogens (tertiary/aromatic N) is 3. The molecule has 0 aliphatic carbocycles. The van der Waals surface area contributed by atoms with E-state index >= 15 is 0 Å². The van der Waals surface area contributed by atoms with Gasteiger partial charge in [0.1, 0.15) is 6.42 Å². The Morgan fingerprint density at radius 3 is 3.27 bits per heavy atom. The summed E-state index contributed by atoms with van der Waals surface area (Å²) in [5.74, 6) is 0.613. The van der Waals surface area contributed by atoms with Gasteiger partial charge in [0.15, 0.2) is 5.76 Å². The summed E-state index contributed by atoms with van der Waals surface area (Å²) < 4.78 is 5.12. The third kappa shape index (κ3) is 1.71. The molecule has 0 fully saturated rings. The topological polar surface area (TPSA) is 70.1 Å². The first-order valence-electron chi connectivity index (χ1n) is 4.81. The van der Waals surface area contributed by atoms with Crippen LogP contribution in [-0.2, 0) is 17.8 Å². The number of carbonyl (C=O) groups is 1. The van der Waals surface area contributed by atoms with Crippen LogP contribution in [0.3, 0.4) is 0 Å². The molecule has 0 radical (unpaired) electrons. The van der Waals surface area contributed by atoms with Crippen LogP contribution in [0.2, 0.25) is 0 Å². The molecule has 1 amide bonds. The normalized spacial score (nSPS) is 14.5. The van der Waals surface area contributed by atoms with E-state index in [-0.39, 0.29) is 12.3 Å². The van der Waals surface area contributed by atoms with Gasteiger partial charge in [-0.25, -0.2) is 0 Å². The minimum Gasteiger partial charge on any atom is -0.359 e. The Kier molecular flexibility index (Phi) is 2.42. The van der Waals surface area contributed by atoms with Crippen LogP contribution in [0.25, 0.3) is 0 Å². The number of hydrogen-bond donors (Lipinski definition) is 0. The van der Waals surface area contributed by atoms with Gasteiger partial charge in [-0.2, -0.15) is 5.26 Å². The average molecular weight is 205 g/mol. The predicted octanol–water partition coefficient (Wildman–Crippen LogP) is 0.781. The predicted molar refractivity (Wildman–Crippen MR) is 50.6 cm³/mol. The molecule has 5 heteroatoms. The first kappa shape index (κ1) is 9.71. The fourth-order valence-corrected chi connectivity index (χ4v) is 1.77. The molecule has 2 heterocycles. The highest BCUT2D eigenvalue weighted by Gasteiger charge is 2.25. The number of fused-ring (bicyclic) bond motifs is 1. The second-order valence-electron chi connectivity index (χ2n) is 3.57. The Morgan fingerprint density at radius 2 is 2.53 bits per heavy atom. The minimum atomic E-state index is -0.141. The van der Waals surface area contributed by atoms with E-state index in [1.807, 2.05) is 13.0 Å². The lowest BCUT2D eigenvalue weighted by Crippen LogP contribution is -2.35. The van der Waals surface area contributed by atoms with Gasteiger partial charge in [-0.1, -0.05) is 5.16 Å². The zero-order valence-corrected chi connectivity index (χ0v) is 8.49. The van der Waals surface area contributed by atoms with Crippen molar-refractivity contribution in [2.75, 3.05) is 6.54 Å². The maximum absolute atomic E-state index is 11.5. The van der Waals surface area contributed by atoms with Crippen LogP contribution in [0.15, 0.2) is 4.52 Å². The number of aromatic nitrogens is 1. The van der Waals surface area contributed by atoms with Crippen LogP contribution in [0.4, 0.5) is 0 Å². The van der Waals surface area contributed by atoms with Crippen molar-refractivity contribution in [1.82, 2.24) is 10.1 Å². The fourth-order valence-electron chi connectivity index (χ4n) is 1.77. The quantitative estimate of drug-likeness (QED) is 0.679. The van der Waals surface area contributed by atoms with E-state index in [1.165, 1.54) is 0 Å². The SMILES string of the molecule is Cc1noc2c1CCN(C(=O)CC#N)C2. The highest BCUT2D eigenvalue weighted by atomic mass is 16.5. The summed E-state index contributed by atoms with van der Waals surface area (Å²) in [6, 6.07) is 1.86. The van der Waals surface area contributed by atoms with E-state index in [2.05, 4.69) is 5.16 Å². The minimum absolute atomic E-state index is 0.0670. The number of nitriles is 1. The molecule has 15 heavy (non-hydrogen) atoms. The van der Waals surface area contributed by atoms with Crippen LogP contribution < -0.4 is 0 Å². The summed E-state index contributed by atoms with van der Waals surface area (Å²) >= 11 is 0. The van der Waals surface area contributed by atoms with Crippen molar-refractivity contribution in [3.05, 3.63) is 17.0 Å². The molecular formula is C10H11N3O2. The molecule has 0 bridgehead atoms. The fraction of sp³-hybridized carbons (Fsp3) is 0.500. The van der Waals surface area contributed by atoms with E-state index in [0.717, 1.165) is 23.4 Å². The zero-order valence-electron chi connectivity index (χ0n) is 8.49. The van der Waals surface area contributed by atoms with Gasteiger partial charge in [0.2, 0.25) is 5.91 Å².